The minimum atomic E-state index is -0.789. The van der Waals surface area contributed by atoms with Crippen LogP contribution in [0.2, 0.25) is 0 Å². The third kappa shape index (κ3) is 5.18. The van der Waals surface area contributed by atoms with Crippen LogP contribution in [0.15, 0.2) is 54.6 Å². The van der Waals surface area contributed by atoms with Gasteiger partial charge in [-0.1, -0.05) is 49.7 Å². The molecular formula is C28H29F3O2. The molecule has 1 aliphatic carbocycles. The van der Waals surface area contributed by atoms with Crippen LogP contribution in [0.1, 0.15) is 56.1 Å². The summed E-state index contributed by atoms with van der Waals surface area (Å²) >= 11 is 0. The first-order valence-electron chi connectivity index (χ1n) is 11.5. The Morgan fingerprint density at radius 3 is 2.21 bits per heavy atom. The van der Waals surface area contributed by atoms with E-state index in [0.717, 1.165) is 37.7 Å². The highest BCUT2D eigenvalue weighted by Crippen LogP contribution is 2.39. The summed E-state index contributed by atoms with van der Waals surface area (Å²) in [5.41, 5.74) is 2.19. The molecule has 2 nitrogen and oxygen atoms in total. The summed E-state index contributed by atoms with van der Waals surface area (Å²) in [5.74, 6) is -0.665. The Morgan fingerprint density at radius 1 is 0.848 bits per heavy atom. The van der Waals surface area contributed by atoms with Gasteiger partial charge in [-0.2, -0.15) is 0 Å². The number of rotatable bonds is 7. The maximum atomic E-state index is 15.0. The third-order valence-corrected chi connectivity index (χ3v) is 6.77. The van der Waals surface area contributed by atoms with Gasteiger partial charge in [-0.15, -0.1) is 0 Å². The highest BCUT2D eigenvalue weighted by atomic mass is 19.2. The molecule has 0 saturated heterocycles. The lowest BCUT2D eigenvalue weighted by Gasteiger charge is -2.28. The van der Waals surface area contributed by atoms with Crippen LogP contribution < -0.4 is 9.47 Å². The van der Waals surface area contributed by atoms with Gasteiger partial charge in [0.05, 0.1) is 7.11 Å². The van der Waals surface area contributed by atoms with Crippen LogP contribution in [0.4, 0.5) is 13.2 Å². The molecule has 0 radical (unpaired) electrons. The summed E-state index contributed by atoms with van der Waals surface area (Å²) < 4.78 is 54.2. The molecule has 4 rings (SSSR count). The van der Waals surface area contributed by atoms with Gasteiger partial charge in [0.25, 0.3) is 0 Å². The van der Waals surface area contributed by atoms with Crippen molar-refractivity contribution >= 4 is 0 Å². The predicted octanol–water partition coefficient (Wildman–Crippen LogP) is 8.04. The van der Waals surface area contributed by atoms with Crippen molar-refractivity contribution in [1.82, 2.24) is 0 Å². The molecule has 0 aromatic heterocycles. The smallest absolute Gasteiger partial charge is 0.168 e. The van der Waals surface area contributed by atoms with Crippen molar-refractivity contribution in [2.24, 2.45) is 5.92 Å². The number of hydrogen-bond donors (Lipinski definition) is 0. The molecule has 0 heterocycles. The van der Waals surface area contributed by atoms with Gasteiger partial charge in [0.2, 0.25) is 0 Å². The highest BCUT2D eigenvalue weighted by Gasteiger charge is 2.25. The first-order valence-corrected chi connectivity index (χ1v) is 11.5. The van der Waals surface area contributed by atoms with E-state index in [0.29, 0.717) is 22.8 Å². The molecule has 3 aromatic carbocycles. The molecule has 0 bridgehead atoms. The minimum absolute atomic E-state index is 0.0960. The van der Waals surface area contributed by atoms with Crippen molar-refractivity contribution in [3.8, 4) is 22.6 Å². The summed E-state index contributed by atoms with van der Waals surface area (Å²) in [5, 5.41) is 0. The maximum Gasteiger partial charge on any atom is 0.168 e. The molecule has 1 fully saturated rings. The Hall–Kier alpha value is -2.95. The molecule has 5 heteroatoms. The van der Waals surface area contributed by atoms with Gasteiger partial charge in [0, 0.05) is 11.6 Å². The number of methoxy groups -OCH3 is 1. The topological polar surface area (TPSA) is 18.5 Å². The van der Waals surface area contributed by atoms with Gasteiger partial charge in [0.15, 0.2) is 23.2 Å². The third-order valence-electron chi connectivity index (χ3n) is 6.77. The summed E-state index contributed by atoms with van der Waals surface area (Å²) in [6, 6.07) is 14.9. The van der Waals surface area contributed by atoms with E-state index in [2.05, 4.69) is 6.92 Å². The second-order valence-corrected chi connectivity index (χ2v) is 8.74. The van der Waals surface area contributed by atoms with Crippen LogP contribution >= 0.6 is 0 Å². The molecule has 0 N–H and O–H groups in total. The number of hydrogen-bond acceptors (Lipinski definition) is 2. The van der Waals surface area contributed by atoms with E-state index >= 15 is 0 Å². The van der Waals surface area contributed by atoms with Crippen LogP contribution in [0, 0.1) is 23.4 Å². The van der Waals surface area contributed by atoms with Gasteiger partial charge >= 0.3 is 0 Å². The van der Waals surface area contributed by atoms with Crippen molar-refractivity contribution in [3.05, 3.63) is 83.2 Å². The lowest BCUT2D eigenvalue weighted by Crippen LogP contribution is -2.14. The van der Waals surface area contributed by atoms with Crippen LogP contribution in [0.5, 0.6) is 11.5 Å². The van der Waals surface area contributed by atoms with E-state index in [9.17, 15) is 13.2 Å². The summed E-state index contributed by atoms with van der Waals surface area (Å²) in [6.07, 6.45) is 5.15. The largest absolute Gasteiger partial charge is 0.494 e. The minimum Gasteiger partial charge on any atom is -0.494 e. The summed E-state index contributed by atoms with van der Waals surface area (Å²) in [7, 11) is 1.40. The Kier molecular flexibility index (Phi) is 7.26. The maximum absolute atomic E-state index is 15.0. The zero-order valence-electron chi connectivity index (χ0n) is 19.0. The zero-order chi connectivity index (χ0) is 23.4. The van der Waals surface area contributed by atoms with Crippen molar-refractivity contribution in [1.29, 1.82) is 0 Å². The Bertz CT molecular complexity index is 1090. The van der Waals surface area contributed by atoms with Crippen molar-refractivity contribution in [3.63, 3.8) is 0 Å². The molecule has 1 saturated carbocycles. The molecule has 3 aromatic rings. The lowest BCUT2D eigenvalue weighted by molar-refractivity contribution is 0.302. The van der Waals surface area contributed by atoms with Gasteiger partial charge in [0.1, 0.15) is 12.4 Å². The number of halogens is 3. The van der Waals surface area contributed by atoms with Crippen molar-refractivity contribution in [2.75, 3.05) is 7.11 Å². The van der Waals surface area contributed by atoms with Gasteiger partial charge in [-0.05, 0) is 66.3 Å². The predicted molar refractivity (Wildman–Crippen MR) is 124 cm³/mol. The zero-order valence-corrected chi connectivity index (χ0v) is 19.0. The lowest BCUT2D eigenvalue weighted by atomic mass is 9.77. The van der Waals surface area contributed by atoms with Gasteiger partial charge < -0.3 is 9.47 Å². The fourth-order valence-corrected chi connectivity index (χ4v) is 4.67. The second-order valence-electron chi connectivity index (χ2n) is 8.74. The molecule has 0 aliphatic heterocycles. The molecule has 0 atom stereocenters. The van der Waals surface area contributed by atoms with Crippen LogP contribution in [0.25, 0.3) is 11.1 Å². The number of ether oxygens (including phenoxy) is 2. The Balaban J connectivity index is 1.44. The first-order chi connectivity index (χ1) is 16.0. The van der Waals surface area contributed by atoms with E-state index in [4.69, 9.17) is 9.47 Å². The summed E-state index contributed by atoms with van der Waals surface area (Å²) in [4.78, 5) is 0. The molecule has 0 spiro atoms. The normalized spacial score (nSPS) is 18.2. The fraction of sp³-hybridized carbons (Fsp3) is 0.357. The molecular weight excluding hydrogens is 425 g/mol. The molecule has 33 heavy (non-hydrogen) atoms. The average Bonchev–Trinajstić information content (AvgIpc) is 2.85. The quantitative estimate of drug-likeness (QED) is 0.360. The van der Waals surface area contributed by atoms with Crippen molar-refractivity contribution < 1.29 is 22.6 Å². The Morgan fingerprint density at radius 2 is 1.58 bits per heavy atom. The van der Waals surface area contributed by atoms with E-state index in [1.165, 1.54) is 19.2 Å². The Labute approximate surface area is 193 Å². The highest BCUT2D eigenvalue weighted by molar-refractivity contribution is 5.65. The SMILES string of the molecule is CCC1CCC(c2ccc(-c3ccc(COc4ccc(OC)c(F)c4)cc3)c(F)c2F)CC1. The van der Waals surface area contributed by atoms with E-state index < -0.39 is 17.5 Å². The standard InChI is InChI=1S/C28H29F3O2/c1-3-18-4-8-20(9-5-18)23-13-14-24(28(31)27(23)30)21-10-6-19(7-11-21)17-33-22-12-15-26(32-2)25(29)16-22/h6-7,10-16,18,20H,3-5,8-9,17H2,1-2H3. The van der Waals surface area contributed by atoms with Gasteiger partial charge in [-0.25, -0.2) is 13.2 Å². The fourth-order valence-electron chi connectivity index (χ4n) is 4.67. The van der Waals surface area contributed by atoms with E-state index in [-0.39, 0.29) is 23.8 Å². The van der Waals surface area contributed by atoms with Crippen LogP contribution in [0.3, 0.4) is 0 Å². The van der Waals surface area contributed by atoms with E-state index in [1.54, 1.807) is 42.5 Å². The molecule has 1 aliphatic rings. The molecule has 174 valence electrons. The van der Waals surface area contributed by atoms with Gasteiger partial charge in [-0.3, -0.25) is 0 Å². The van der Waals surface area contributed by atoms with Crippen LogP contribution in [-0.2, 0) is 6.61 Å². The monoisotopic (exact) mass is 454 g/mol. The van der Waals surface area contributed by atoms with Crippen LogP contribution in [-0.4, -0.2) is 7.11 Å². The molecule has 0 unspecified atom stereocenters. The molecule has 0 amide bonds. The van der Waals surface area contributed by atoms with E-state index in [1.807, 2.05) is 0 Å². The first kappa shape index (κ1) is 23.2. The second kappa shape index (κ2) is 10.3. The van der Waals surface area contributed by atoms with Crippen molar-refractivity contribution in [2.45, 2.75) is 51.6 Å². The summed E-state index contributed by atoms with van der Waals surface area (Å²) in [6.45, 7) is 2.42. The average molecular weight is 455 g/mol. The number of benzene rings is 3.